The first-order valence-corrected chi connectivity index (χ1v) is 9.20. The van der Waals surface area contributed by atoms with E-state index in [0.29, 0.717) is 19.4 Å². The molecule has 0 heterocycles. The van der Waals surface area contributed by atoms with Crippen molar-refractivity contribution in [2.45, 2.75) is 32.7 Å². The molecule has 0 aliphatic heterocycles. The van der Waals surface area contributed by atoms with Crippen LogP contribution in [-0.4, -0.2) is 24.9 Å². The molecule has 0 aliphatic carbocycles. The molecule has 0 saturated heterocycles. The summed E-state index contributed by atoms with van der Waals surface area (Å²) in [5.74, 6) is -1.18. The summed E-state index contributed by atoms with van der Waals surface area (Å²) in [6.07, 6.45) is 0.770. The van der Waals surface area contributed by atoms with Gasteiger partial charge in [-0.2, -0.15) is 0 Å². The Labute approximate surface area is 155 Å². The summed E-state index contributed by atoms with van der Waals surface area (Å²) in [5.41, 5.74) is 2.29. The van der Waals surface area contributed by atoms with E-state index in [1.165, 1.54) is 0 Å². The molecular weight excluding hydrogens is 326 g/mol. The molecule has 0 amide bonds. The van der Waals surface area contributed by atoms with Crippen LogP contribution in [0.25, 0.3) is 0 Å². The summed E-state index contributed by atoms with van der Waals surface area (Å²) in [6.45, 7) is 4.36. The molecule has 0 fully saturated rings. The molecule has 0 bridgehead atoms. The Bertz CT molecular complexity index is 646. The maximum atomic E-state index is 12.1. The number of carbonyl (C=O) groups excluding carboxylic acids is 2. The van der Waals surface area contributed by atoms with Crippen molar-refractivity contribution in [2.24, 2.45) is 5.92 Å². The van der Waals surface area contributed by atoms with Crippen LogP contribution >= 0.6 is 0 Å². The highest BCUT2D eigenvalue weighted by molar-refractivity contribution is 5.98. The summed E-state index contributed by atoms with van der Waals surface area (Å²) in [6, 6.07) is 20.3. The second-order valence-corrected chi connectivity index (χ2v) is 6.12. The van der Waals surface area contributed by atoms with Gasteiger partial charge in [0.25, 0.3) is 0 Å². The maximum absolute atomic E-state index is 12.1. The van der Waals surface area contributed by atoms with Crippen LogP contribution in [0.1, 0.15) is 43.9 Å². The maximum Gasteiger partial charge on any atom is 0.316 e. The normalized spacial score (nSPS) is 12.0. The zero-order valence-corrected chi connectivity index (χ0v) is 15.5. The van der Waals surface area contributed by atoms with Crippen LogP contribution in [0.4, 0.5) is 0 Å². The molecule has 2 aromatic rings. The van der Waals surface area contributed by atoms with E-state index >= 15 is 0 Å². The van der Waals surface area contributed by atoms with Gasteiger partial charge in [0.1, 0.15) is 11.7 Å². The van der Waals surface area contributed by atoms with E-state index in [4.69, 9.17) is 4.74 Å². The van der Waals surface area contributed by atoms with Crippen LogP contribution in [0.15, 0.2) is 60.7 Å². The number of Topliss-reactive ketones (excluding diaryl/α,β-unsaturated/α-hetero) is 1. The third kappa shape index (κ3) is 5.53. The number of hydrogen-bond donors (Lipinski definition) is 1. The van der Waals surface area contributed by atoms with Crippen molar-refractivity contribution in [3.63, 3.8) is 0 Å². The fraction of sp³-hybridized carbons (Fsp3) is 0.364. The van der Waals surface area contributed by atoms with Crippen molar-refractivity contribution in [2.75, 3.05) is 13.2 Å². The Kier molecular flexibility index (Phi) is 8.03. The Morgan fingerprint density at radius 2 is 1.46 bits per heavy atom. The zero-order chi connectivity index (χ0) is 18.8. The van der Waals surface area contributed by atoms with E-state index in [9.17, 15) is 9.59 Å². The average Bonchev–Trinajstić information content (AvgIpc) is 2.69. The van der Waals surface area contributed by atoms with Crippen molar-refractivity contribution in [1.82, 2.24) is 5.32 Å². The number of ether oxygens (including phenoxy) is 1. The highest BCUT2D eigenvalue weighted by atomic mass is 16.5. The molecule has 1 N–H and O–H groups in total. The first kappa shape index (κ1) is 19.9. The first-order valence-electron chi connectivity index (χ1n) is 9.20. The summed E-state index contributed by atoms with van der Waals surface area (Å²) in [5, 5.41) is 3.50. The summed E-state index contributed by atoms with van der Waals surface area (Å²) in [4.78, 5) is 24.2. The molecular formula is C22H27NO3. The first-order chi connectivity index (χ1) is 12.7. The topological polar surface area (TPSA) is 55.4 Å². The number of rotatable bonds is 10. The molecule has 0 aromatic heterocycles. The number of ketones is 1. The minimum Gasteiger partial charge on any atom is -0.465 e. The predicted molar refractivity (Wildman–Crippen MR) is 103 cm³/mol. The van der Waals surface area contributed by atoms with Gasteiger partial charge < -0.3 is 10.1 Å². The highest BCUT2D eigenvalue weighted by Crippen LogP contribution is 2.22. The molecule has 0 saturated carbocycles. The van der Waals surface area contributed by atoms with E-state index in [1.807, 2.05) is 36.4 Å². The third-order valence-corrected chi connectivity index (χ3v) is 4.36. The van der Waals surface area contributed by atoms with Crippen molar-refractivity contribution in [3.05, 3.63) is 71.8 Å². The number of benzene rings is 2. The van der Waals surface area contributed by atoms with Gasteiger partial charge in [-0.25, -0.2) is 0 Å². The second-order valence-electron chi connectivity index (χ2n) is 6.12. The van der Waals surface area contributed by atoms with Crippen LogP contribution in [0.3, 0.4) is 0 Å². The molecule has 0 spiro atoms. The zero-order valence-electron chi connectivity index (χ0n) is 15.5. The fourth-order valence-corrected chi connectivity index (χ4v) is 2.99. The van der Waals surface area contributed by atoms with Crippen LogP contribution in [0.5, 0.6) is 0 Å². The molecule has 0 radical (unpaired) electrons. The van der Waals surface area contributed by atoms with Crippen LogP contribution in [-0.2, 0) is 14.3 Å². The lowest BCUT2D eigenvalue weighted by Crippen LogP contribution is -2.31. The Balaban J connectivity index is 2.09. The summed E-state index contributed by atoms with van der Waals surface area (Å²) >= 11 is 0. The lowest BCUT2D eigenvalue weighted by Gasteiger charge is -2.21. The average molecular weight is 353 g/mol. The molecule has 4 heteroatoms. The van der Waals surface area contributed by atoms with Gasteiger partial charge in [-0.3, -0.25) is 9.59 Å². The molecule has 1 unspecified atom stereocenters. The van der Waals surface area contributed by atoms with E-state index in [2.05, 4.69) is 29.6 Å². The van der Waals surface area contributed by atoms with Crippen molar-refractivity contribution >= 4 is 11.8 Å². The summed E-state index contributed by atoms with van der Waals surface area (Å²) in [7, 11) is 0. The fourth-order valence-electron chi connectivity index (χ4n) is 2.99. The van der Waals surface area contributed by atoms with Gasteiger partial charge >= 0.3 is 5.97 Å². The summed E-state index contributed by atoms with van der Waals surface area (Å²) < 4.78 is 5.07. The monoisotopic (exact) mass is 353 g/mol. The number of nitrogens with one attached hydrogen (secondary N) is 1. The van der Waals surface area contributed by atoms with Crippen molar-refractivity contribution < 1.29 is 14.3 Å². The van der Waals surface area contributed by atoms with Gasteiger partial charge in [-0.15, -0.1) is 0 Å². The molecule has 2 aromatic carbocycles. The molecule has 1 atom stereocenters. The Morgan fingerprint density at radius 3 is 1.92 bits per heavy atom. The molecule has 2 rings (SSSR count). The molecule has 138 valence electrons. The van der Waals surface area contributed by atoms with Gasteiger partial charge in [0.15, 0.2) is 0 Å². The number of esters is 1. The third-order valence-electron chi connectivity index (χ3n) is 4.36. The van der Waals surface area contributed by atoms with Crippen LogP contribution in [0, 0.1) is 5.92 Å². The lowest BCUT2D eigenvalue weighted by atomic mass is 9.96. The van der Waals surface area contributed by atoms with E-state index < -0.39 is 11.9 Å². The number of hydrogen-bond acceptors (Lipinski definition) is 4. The minimum absolute atomic E-state index is 0.0111. The smallest absolute Gasteiger partial charge is 0.316 e. The van der Waals surface area contributed by atoms with Gasteiger partial charge in [-0.05, 0) is 31.0 Å². The van der Waals surface area contributed by atoms with E-state index in [1.54, 1.807) is 13.8 Å². The highest BCUT2D eigenvalue weighted by Gasteiger charge is 2.26. The van der Waals surface area contributed by atoms with Gasteiger partial charge in [0.05, 0.1) is 12.6 Å². The molecule has 4 nitrogen and oxygen atoms in total. The standard InChI is InChI=1S/C22H27NO3/c1-3-20(24)19(22(25)26-4-2)15-16-23-21(17-11-7-5-8-12-17)18-13-9-6-10-14-18/h5-14,19,21,23H,3-4,15-16H2,1-2H3. The van der Waals surface area contributed by atoms with Gasteiger partial charge in [0, 0.05) is 6.42 Å². The van der Waals surface area contributed by atoms with Crippen LogP contribution < -0.4 is 5.32 Å². The number of carbonyl (C=O) groups is 2. The van der Waals surface area contributed by atoms with Gasteiger partial charge in [-0.1, -0.05) is 67.6 Å². The SMILES string of the molecule is CCOC(=O)C(CCNC(c1ccccc1)c1ccccc1)C(=O)CC. The van der Waals surface area contributed by atoms with Gasteiger partial charge in [0.2, 0.25) is 0 Å². The second kappa shape index (κ2) is 10.5. The van der Waals surface area contributed by atoms with Crippen molar-refractivity contribution in [3.8, 4) is 0 Å². The lowest BCUT2D eigenvalue weighted by molar-refractivity contribution is -0.151. The Morgan fingerprint density at radius 1 is 0.923 bits per heavy atom. The largest absolute Gasteiger partial charge is 0.465 e. The van der Waals surface area contributed by atoms with Crippen LogP contribution in [0.2, 0.25) is 0 Å². The van der Waals surface area contributed by atoms with E-state index in [0.717, 1.165) is 11.1 Å². The van der Waals surface area contributed by atoms with Crippen molar-refractivity contribution in [1.29, 1.82) is 0 Å². The minimum atomic E-state index is -0.695. The molecule has 0 aliphatic rings. The quantitative estimate of drug-likeness (QED) is 0.520. The predicted octanol–water partition coefficient (Wildman–Crippen LogP) is 3.91. The Hall–Kier alpha value is -2.46. The molecule has 26 heavy (non-hydrogen) atoms. The van der Waals surface area contributed by atoms with E-state index in [-0.39, 0.29) is 18.4 Å².